The van der Waals surface area contributed by atoms with Crippen LogP contribution in [0.5, 0.6) is 0 Å². The van der Waals surface area contributed by atoms with Gasteiger partial charge in [0.15, 0.2) is 0 Å². The Morgan fingerprint density at radius 2 is 1.50 bits per heavy atom. The Morgan fingerprint density at radius 1 is 0.933 bits per heavy atom. The van der Waals surface area contributed by atoms with Crippen molar-refractivity contribution in [3.05, 3.63) is 23.7 Å². The topological polar surface area (TPSA) is 48.1 Å². The standard InChI is InChI=1S/C24H44N4O2/c1-4-6-7-8-9-10-11-12-13-14-15-16-17-18-26-20-23-19-22(3)27(24(29)30-5-2)28(23)25-21-26/h19-20,25H,4-18,21H2,1-3H3. The number of carbonyl (C=O) groups is 1. The minimum absolute atomic E-state index is 0.341. The van der Waals surface area contributed by atoms with E-state index in [0.29, 0.717) is 13.3 Å². The number of amides is 1. The molecule has 0 atom stereocenters. The Bertz CT molecular complexity index is 561. The van der Waals surface area contributed by atoms with Crippen LogP contribution in [0.1, 0.15) is 104 Å². The minimum atomic E-state index is -0.341. The summed E-state index contributed by atoms with van der Waals surface area (Å²) < 4.78 is 5.15. The van der Waals surface area contributed by atoms with Crippen LogP contribution in [-0.4, -0.2) is 40.9 Å². The molecule has 0 fully saturated rings. The molecular formula is C24H44N4O2. The van der Waals surface area contributed by atoms with Crippen LogP contribution in [0.2, 0.25) is 0 Å². The molecule has 0 saturated heterocycles. The van der Waals surface area contributed by atoms with Crippen molar-refractivity contribution in [3.63, 3.8) is 0 Å². The van der Waals surface area contributed by atoms with Crippen molar-refractivity contribution in [3.8, 4) is 0 Å². The fraction of sp³-hybridized carbons (Fsp3) is 0.792. The summed E-state index contributed by atoms with van der Waals surface area (Å²) >= 11 is 0. The normalized spacial score (nSPS) is 15.9. The van der Waals surface area contributed by atoms with Crippen LogP contribution < -0.4 is 5.43 Å². The molecule has 0 aliphatic carbocycles. The fourth-order valence-corrected chi connectivity index (χ4v) is 4.14. The van der Waals surface area contributed by atoms with Gasteiger partial charge in [0.2, 0.25) is 0 Å². The molecule has 0 aromatic heterocycles. The fourth-order valence-electron chi connectivity index (χ4n) is 4.14. The lowest BCUT2D eigenvalue weighted by Crippen LogP contribution is -2.54. The molecule has 1 N–H and O–H groups in total. The Balaban J connectivity index is 1.51. The summed E-state index contributed by atoms with van der Waals surface area (Å²) in [4.78, 5) is 14.4. The minimum Gasteiger partial charge on any atom is -0.448 e. The first-order valence-corrected chi connectivity index (χ1v) is 12.3. The first-order chi connectivity index (χ1) is 14.7. The molecule has 0 unspecified atom stereocenters. The molecule has 172 valence electrons. The van der Waals surface area contributed by atoms with E-state index >= 15 is 0 Å². The number of unbranched alkanes of at least 4 members (excludes halogenated alkanes) is 12. The van der Waals surface area contributed by atoms with Gasteiger partial charge >= 0.3 is 6.09 Å². The second-order valence-corrected chi connectivity index (χ2v) is 8.53. The molecule has 2 heterocycles. The van der Waals surface area contributed by atoms with Crippen molar-refractivity contribution in [1.29, 1.82) is 0 Å². The maximum Gasteiger partial charge on any atom is 0.434 e. The van der Waals surface area contributed by atoms with E-state index in [1.165, 1.54) is 83.5 Å². The van der Waals surface area contributed by atoms with Crippen LogP contribution in [0.3, 0.4) is 0 Å². The number of hydrogen-bond acceptors (Lipinski definition) is 5. The van der Waals surface area contributed by atoms with Gasteiger partial charge < -0.3 is 9.64 Å². The zero-order chi connectivity index (χ0) is 21.6. The molecule has 2 aliphatic rings. The summed E-state index contributed by atoms with van der Waals surface area (Å²) in [6.45, 7) is 8.16. The molecule has 0 bridgehead atoms. The van der Waals surface area contributed by atoms with Gasteiger partial charge in [0.25, 0.3) is 0 Å². The number of nitrogens with one attached hydrogen (secondary N) is 1. The second kappa shape index (κ2) is 14.3. The Labute approximate surface area is 184 Å². The smallest absolute Gasteiger partial charge is 0.434 e. The monoisotopic (exact) mass is 420 g/mol. The molecule has 2 aliphatic heterocycles. The van der Waals surface area contributed by atoms with Gasteiger partial charge in [0.1, 0.15) is 0 Å². The van der Waals surface area contributed by atoms with E-state index in [-0.39, 0.29) is 6.09 Å². The van der Waals surface area contributed by atoms with Gasteiger partial charge in [-0.1, -0.05) is 84.0 Å². The number of hydrogen-bond donors (Lipinski definition) is 1. The maximum atomic E-state index is 12.1. The largest absolute Gasteiger partial charge is 0.448 e. The molecule has 0 aromatic rings. The van der Waals surface area contributed by atoms with Gasteiger partial charge in [0.05, 0.1) is 19.0 Å². The maximum absolute atomic E-state index is 12.1. The summed E-state index contributed by atoms with van der Waals surface area (Å²) in [5.41, 5.74) is 5.17. The number of carbonyl (C=O) groups excluding carboxylic acids is 1. The Morgan fingerprint density at radius 3 is 2.07 bits per heavy atom. The van der Waals surface area contributed by atoms with E-state index in [1.54, 1.807) is 10.1 Å². The summed E-state index contributed by atoms with van der Waals surface area (Å²) in [7, 11) is 0. The number of hydrazine groups is 2. The van der Waals surface area contributed by atoms with Crippen molar-refractivity contribution in [2.24, 2.45) is 0 Å². The number of rotatable bonds is 15. The lowest BCUT2D eigenvalue weighted by molar-refractivity contribution is -0.0129. The van der Waals surface area contributed by atoms with Crippen molar-refractivity contribution in [2.45, 2.75) is 104 Å². The van der Waals surface area contributed by atoms with Gasteiger partial charge in [-0.15, -0.1) is 0 Å². The zero-order valence-electron chi connectivity index (χ0n) is 19.6. The second-order valence-electron chi connectivity index (χ2n) is 8.53. The highest BCUT2D eigenvalue weighted by Gasteiger charge is 2.33. The van der Waals surface area contributed by atoms with E-state index < -0.39 is 0 Å². The third kappa shape index (κ3) is 8.21. The first-order valence-electron chi connectivity index (χ1n) is 12.3. The van der Waals surface area contributed by atoms with Crippen LogP contribution in [0.15, 0.2) is 23.7 Å². The predicted molar refractivity (Wildman–Crippen MR) is 123 cm³/mol. The average molecular weight is 421 g/mol. The molecule has 2 rings (SSSR count). The van der Waals surface area contributed by atoms with Gasteiger partial charge in [0, 0.05) is 18.4 Å². The van der Waals surface area contributed by atoms with Crippen molar-refractivity contribution in [2.75, 3.05) is 19.8 Å². The van der Waals surface area contributed by atoms with Crippen LogP contribution >= 0.6 is 0 Å². The predicted octanol–water partition coefficient (Wildman–Crippen LogP) is 6.29. The quantitative estimate of drug-likeness (QED) is 0.315. The molecular weight excluding hydrogens is 376 g/mol. The Kier molecular flexibility index (Phi) is 11.7. The van der Waals surface area contributed by atoms with Crippen molar-refractivity contribution in [1.82, 2.24) is 20.5 Å². The van der Waals surface area contributed by atoms with E-state index in [4.69, 9.17) is 4.74 Å². The van der Waals surface area contributed by atoms with E-state index in [1.807, 2.05) is 19.9 Å². The highest BCUT2D eigenvalue weighted by molar-refractivity contribution is 5.70. The summed E-state index contributed by atoms with van der Waals surface area (Å²) in [5.74, 6) is 0. The van der Waals surface area contributed by atoms with Crippen molar-refractivity contribution < 1.29 is 9.53 Å². The van der Waals surface area contributed by atoms with E-state index in [2.05, 4.69) is 23.4 Å². The van der Waals surface area contributed by atoms with Crippen LogP contribution in [-0.2, 0) is 4.74 Å². The van der Waals surface area contributed by atoms with Crippen molar-refractivity contribution >= 4 is 6.09 Å². The third-order valence-electron chi connectivity index (χ3n) is 5.86. The van der Waals surface area contributed by atoms with Gasteiger partial charge in [-0.05, 0) is 26.3 Å². The molecule has 6 heteroatoms. The lowest BCUT2D eigenvalue weighted by Gasteiger charge is -2.37. The number of nitrogens with zero attached hydrogens (tertiary/aromatic N) is 3. The number of fused-ring (bicyclic) bond motifs is 1. The third-order valence-corrected chi connectivity index (χ3v) is 5.86. The Hall–Kier alpha value is -1.69. The molecule has 0 radical (unpaired) electrons. The molecule has 0 saturated carbocycles. The molecule has 30 heavy (non-hydrogen) atoms. The summed E-state index contributed by atoms with van der Waals surface area (Å²) in [6, 6.07) is 0. The summed E-state index contributed by atoms with van der Waals surface area (Å²) in [6.07, 6.45) is 21.7. The van der Waals surface area contributed by atoms with Crippen LogP contribution in [0.4, 0.5) is 4.79 Å². The van der Waals surface area contributed by atoms with E-state index in [9.17, 15) is 4.79 Å². The molecule has 6 nitrogen and oxygen atoms in total. The average Bonchev–Trinajstić information content (AvgIpc) is 3.06. The lowest BCUT2D eigenvalue weighted by atomic mass is 10.0. The first kappa shape index (κ1) is 24.6. The summed E-state index contributed by atoms with van der Waals surface area (Å²) in [5, 5.41) is 3.34. The molecule has 0 spiro atoms. The van der Waals surface area contributed by atoms with Gasteiger partial charge in [-0.2, -0.15) is 10.4 Å². The SMILES string of the molecule is CCCCCCCCCCCCCCCN1C=C2C=C(C)N(C(=O)OCC)N2NC1. The van der Waals surface area contributed by atoms with E-state index in [0.717, 1.165) is 17.9 Å². The van der Waals surface area contributed by atoms with Crippen LogP contribution in [0.25, 0.3) is 0 Å². The van der Waals surface area contributed by atoms with Crippen LogP contribution in [0, 0.1) is 0 Å². The number of ether oxygens (including phenoxy) is 1. The highest BCUT2D eigenvalue weighted by Crippen LogP contribution is 2.26. The molecule has 1 amide bonds. The van der Waals surface area contributed by atoms with Gasteiger partial charge in [-0.3, -0.25) is 0 Å². The van der Waals surface area contributed by atoms with Gasteiger partial charge in [-0.25, -0.2) is 9.91 Å². The molecule has 0 aromatic carbocycles. The highest BCUT2D eigenvalue weighted by atomic mass is 16.6. The number of allylic oxidation sites excluding steroid dienone is 2. The zero-order valence-corrected chi connectivity index (χ0v) is 19.6.